The molecule has 1 aliphatic rings. The van der Waals surface area contributed by atoms with Gasteiger partial charge in [-0.2, -0.15) is 0 Å². The highest BCUT2D eigenvalue weighted by Gasteiger charge is 2.27. The number of hydrogen-bond acceptors (Lipinski definition) is 5. The molecule has 1 amide bonds. The molecule has 178 valence electrons. The first kappa shape index (κ1) is 22.2. The minimum Gasteiger partial charge on any atom is -0.496 e. The number of likely N-dealkylation sites (N-methyl/N-ethyl adjacent to an activating group) is 1. The van der Waals surface area contributed by atoms with E-state index in [-0.39, 0.29) is 11.6 Å². The lowest BCUT2D eigenvalue weighted by molar-refractivity contribution is 0.102. The van der Waals surface area contributed by atoms with Crippen LogP contribution in [0.5, 0.6) is 5.75 Å². The molecule has 0 aliphatic carbocycles. The first-order valence-corrected chi connectivity index (χ1v) is 11.5. The Hall–Kier alpha value is -3.59. The second-order valence-electron chi connectivity index (χ2n) is 8.75. The number of ether oxygens (including phenoxy) is 1. The average Bonchev–Trinajstić information content (AvgIpc) is 3.55. The highest BCUT2D eigenvalue weighted by Crippen LogP contribution is 2.39. The molecule has 1 atom stereocenters. The quantitative estimate of drug-likeness (QED) is 0.454. The average molecular weight is 465 g/mol. The number of imidazole rings is 1. The molecule has 8 nitrogen and oxygen atoms in total. The monoisotopic (exact) mass is 464 g/mol. The summed E-state index contributed by atoms with van der Waals surface area (Å²) in [5, 5.41) is 8.02. The van der Waals surface area contributed by atoms with E-state index in [4.69, 9.17) is 4.74 Å². The fourth-order valence-electron chi connectivity index (χ4n) is 4.81. The number of halogens is 1. The topological polar surface area (TPSA) is 75.8 Å². The Balaban J connectivity index is 1.58. The molecule has 0 spiro atoms. The van der Waals surface area contributed by atoms with E-state index >= 15 is 0 Å². The number of pyridine rings is 1. The fourth-order valence-corrected chi connectivity index (χ4v) is 4.81. The van der Waals surface area contributed by atoms with E-state index < -0.39 is 5.82 Å². The van der Waals surface area contributed by atoms with Gasteiger partial charge in [0.1, 0.15) is 5.75 Å². The molecule has 2 N–H and O–H groups in total. The molecule has 0 radical (unpaired) electrons. The third kappa shape index (κ3) is 3.75. The number of nitrogens with one attached hydrogen (secondary N) is 2. The molecule has 1 fully saturated rings. The fraction of sp³-hybridized carbons (Fsp3) is 0.360. The predicted octanol–water partition coefficient (Wildman–Crippen LogP) is 3.82. The number of nitrogens with zero attached hydrogens (tertiary/aromatic N) is 4. The number of anilines is 2. The van der Waals surface area contributed by atoms with E-state index in [0.29, 0.717) is 28.7 Å². The van der Waals surface area contributed by atoms with Crippen LogP contribution in [-0.4, -0.2) is 53.1 Å². The Bertz CT molecular complexity index is 1390. The van der Waals surface area contributed by atoms with Crippen LogP contribution in [0.25, 0.3) is 16.4 Å². The molecule has 0 saturated carbocycles. The van der Waals surface area contributed by atoms with Gasteiger partial charge in [-0.3, -0.25) is 4.79 Å². The van der Waals surface area contributed by atoms with Crippen LogP contribution in [0.3, 0.4) is 0 Å². The van der Waals surface area contributed by atoms with Crippen LogP contribution in [0.2, 0.25) is 0 Å². The molecule has 0 bridgehead atoms. The number of amides is 1. The largest absolute Gasteiger partial charge is 0.496 e. The first-order chi connectivity index (χ1) is 16.4. The molecule has 1 aliphatic heterocycles. The summed E-state index contributed by atoms with van der Waals surface area (Å²) in [6.45, 7) is 6.45. The lowest BCUT2D eigenvalue weighted by Crippen LogP contribution is -2.29. The second-order valence-corrected chi connectivity index (χ2v) is 8.75. The maximum absolute atomic E-state index is 14.6. The SMILES string of the molecule is CCn1cc2c(N3CC[C@H](NC)C3)cc(OC)c(C(=O)Nc3cc(F)c4nc(C)cn4c3)c2c1. The smallest absolute Gasteiger partial charge is 0.260 e. The van der Waals surface area contributed by atoms with Crippen LogP contribution < -0.4 is 20.3 Å². The third-order valence-corrected chi connectivity index (χ3v) is 6.57. The van der Waals surface area contributed by atoms with Crippen molar-refractivity contribution in [1.82, 2.24) is 19.3 Å². The van der Waals surface area contributed by atoms with E-state index in [1.54, 1.807) is 30.8 Å². The third-order valence-electron chi connectivity index (χ3n) is 6.57. The van der Waals surface area contributed by atoms with Crippen molar-refractivity contribution >= 4 is 33.7 Å². The van der Waals surface area contributed by atoms with E-state index in [0.717, 1.165) is 42.5 Å². The van der Waals surface area contributed by atoms with Crippen molar-refractivity contribution in [1.29, 1.82) is 0 Å². The van der Waals surface area contributed by atoms with Gasteiger partial charge in [0.2, 0.25) is 0 Å². The molecule has 0 unspecified atom stereocenters. The Kier molecular flexibility index (Phi) is 5.65. The molecule has 4 heterocycles. The second kappa shape index (κ2) is 8.64. The molecule has 34 heavy (non-hydrogen) atoms. The summed E-state index contributed by atoms with van der Waals surface area (Å²) in [6, 6.07) is 3.66. The highest BCUT2D eigenvalue weighted by atomic mass is 19.1. The van der Waals surface area contributed by atoms with E-state index in [1.165, 1.54) is 6.07 Å². The van der Waals surface area contributed by atoms with Crippen molar-refractivity contribution in [2.75, 3.05) is 37.5 Å². The standard InChI is InChI=1S/C25H29FN6O2/c1-5-30-13-18-19(14-30)23(22(34-4)9-21(18)31-7-6-16(11-31)27-3)25(33)29-17-8-20(26)24-28-15(2)10-32(24)12-17/h8-10,12-14,16,27H,5-7,11H2,1-4H3,(H,29,33)/t16-/m0/s1. The van der Waals surface area contributed by atoms with Gasteiger partial charge in [0, 0.05) is 79.1 Å². The van der Waals surface area contributed by atoms with E-state index in [9.17, 15) is 9.18 Å². The minimum atomic E-state index is -0.497. The summed E-state index contributed by atoms with van der Waals surface area (Å²) < 4.78 is 23.9. The molecular formula is C25H29FN6O2. The van der Waals surface area contributed by atoms with Gasteiger partial charge in [0.25, 0.3) is 5.91 Å². The highest BCUT2D eigenvalue weighted by molar-refractivity contribution is 6.17. The molecule has 5 rings (SSSR count). The summed E-state index contributed by atoms with van der Waals surface area (Å²) >= 11 is 0. The summed E-state index contributed by atoms with van der Waals surface area (Å²) in [7, 11) is 3.55. The van der Waals surface area contributed by atoms with Crippen molar-refractivity contribution in [2.24, 2.45) is 0 Å². The van der Waals surface area contributed by atoms with Gasteiger partial charge in [0.15, 0.2) is 11.5 Å². The van der Waals surface area contributed by atoms with Crippen LogP contribution in [0, 0.1) is 12.7 Å². The Morgan fingerprint density at radius 1 is 1.24 bits per heavy atom. The van der Waals surface area contributed by atoms with E-state index in [2.05, 4.69) is 38.2 Å². The minimum absolute atomic E-state index is 0.227. The van der Waals surface area contributed by atoms with Crippen molar-refractivity contribution in [2.45, 2.75) is 32.9 Å². The number of methoxy groups -OCH3 is 1. The molecular weight excluding hydrogens is 435 g/mol. The van der Waals surface area contributed by atoms with Crippen LogP contribution in [-0.2, 0) is 6.54 Å². The van der Waals surface area contributed by atoms with Crippen LogP contribution in [0.4, 0.5) is 15.8 Å². The zero-order chi connectivity index (χ0) is 24.0. The van der Waals surface area contributed by atoms with Crippen molar-refractivity contribution < 1.29 is 13.9 Å². The lowest BCUT2D eigenvalue weighted by Gasteiger charge is -2.22. The normalized spacial score (nSPS) is 16.0. The van der Waals surface area contributed by atoms with E-state index in [1.807, 2.05) is 19.3 Å². The first-order valence-electron chi connectivity index (χ1n) is 11.5. The number of benzene rings is 1. The van der Waals surface area contributed by atoms with Gasteiger partial charge in [-0.1, -0.05) is 0 Å². The number of aromatic nitrogens is 3. The molecule has 3 aromatic heterocycles. The summed E-state index contributed by atoms with van der Waals surface area (Å²) in [6.07, 6.45) is 8.49. The predicted molar refractivity (Wildman–Crippen MR) is 132 cm³/mol. The Morgan fingerprint density at radius 2 is 2.03 bits per heavy atom. The number of fused-ring (bicyclic) bond motifs is 2. The number of hydrogen-bond donors (Lipinski definition) is 2. The van der Waals surface area contributed by atoms with Crippen molar-refractivity contribution in [3.8, 4) is 5.75 Å². The van der Waals surface area contributed by atoms with Gasteiger partial charge in [-0.05, 0) is 27.3 Å². The maximum Gasteiger partial charge on any atom is 0.260 e. The number of carbonyl (C=O) groups is 1. The number of aryl methyl sites for hydroxylation is 2. The number of rotatable bonds is 6. The van der Waals surface area contributed by atoms with Gasteiger partial charge in [-0.25, -0.2) is 9.37 Å². The van der Waals surface area contributed by atoms with Gasteiger partial charge < -0.3 is 29.2 Å². The van der Waals surface area contributed by atoms with Crippen LogP contribution >= 0.6 is 0 Å². The lowest BCUT2D eigenvalue weighted by atomic mass is 10.0. The summed E-state index contributed by atoms with van der Waals surface area (Å²) in [4.78, 5) is 20.0. The van der Waals surface area contributed by atoms with Crippen molar-refractivity contribution in [3.63, 3.8) is 0 Å². The Morgan fingerprint density at radius 3 is 2.74 bits per heavy atom. The van der Waals surface area contributed by atoms with Gasteiger partial charge >= 0.3 is 0 Å². The molecule has 4 aromatic rings. The van der Waals surface area contributed by atoms with Gasteiger partial charge in [0.05, 0.1) is 24.1 Å². The molecule has 1 saturated heterocycles. The number of carbonyl (C=O) groups excluding carboxylic acids is 1. The van der Waals surface area contributed by atoms with Gasteiger partial charge in [-0.15, -0.1) is 0 Å². The summed E-state index contributed by atoms with van der Waals surface area (Å²) in [5.41, 5.74) is 2.75. The molecule has 9 heteroatoms. The summed E-state index contributed by atoms with van der Waals surface area (Å²) in [5.74, 6) is -0.363. The maximum atomic E-state index is 14.6. The van der Waals surface area contributed by atoms with Crippen molar-refractivity contribution in [3.05, 3.63) is 54.0 Å². The molecule has 1 aromatic carbocycles. The van der Waals surface area contributed by atoms with Crippen LogP contribution in [0.1, 0.15) is 29.4 Å². The zero-order valence-corrected chi connectivity index (χ0v) is 19.9. The zero-order valence-electron chi connectivity index (χ0n) is 19.9. The van der Waals surface area contributed by atoms with Crippen LogP contribution in [0.15, 0.2) is 36.9 Å². The Labute approximate surface area is 197 Å².